The van der Waals surface area contributed by atoms with Gasteiger partial charge in [0.15, 0.2) is 0 Å². The Hall–Kier alpha value is -1.83. The highest BCUT2D eigenvalue weighted by Gasteiger charge is 2.16. The van der Waals surface area contributed by atoms with Crippen LogP contribution in [-0.2, 0) is 17.1 Å². The predicted octanol–water partition coefficient (Wildman–Crippen LogP) is 4.39. The van der Waals surface area contributed by atoms with Crippen LogP contribution in [0.15, 0.2) is 46.3 Å². The number of nitrogens with one attached hydrogen (secondary N) is 1. The maximum absolute atomic E-state index is 12.2. The van der Waals surface area contributed by atoms with Gasteiger partial charge in [-0.25, -0.2) is 0 Å². The Bertz CT molecular complexity index is 836. The maximum Gasteiger partial charge on any atom is 0.237 e. The first-order valence-corrected chi connectivity index (χ1v) is 9.93. The molecule has 0 aliphatic carbocycles. The number of aromatic nitrogens is 2. The topological polar surface area (TPSA) is 68.0 Å². The van der Waals surface area contributed by atoms with Crippen molar-refractivity contribution in [2.45, 2.75) is 24.5 Å². The normalized spacial score (nSPS) is 12.1. The Morgan fingerprint density at radius 2 is 2.20 bits per heavy atom. The van der Waals surface area contributed by atoms with Crippen LogP contribution >= 0.6 is 34.7 Å². The molecular formula is C17H16ClN3O2S2. The molecule has 1 unspecified atom stereocenters. The van der Waals surface area contributed by atoms with E-state index >= 15 is 0 Å². The molecule has 5 nitrogen and oxygen atoms in total. The van der Waals surface area contributed by atoms with Gasteiger partial charge in [0.1, 0.15) is 0 Å². The number of carbonyl (C=O) groups is 1. The fourth-order valence-corrected chi connectivity index (χ4v) is 3.66. The third kappa shape index (κ3) is 4.84. The highest BCUT2D eigenvalue weighted by Crippen LogP contribution is 2.23. The molecular weight excluding hydrogens is 378 g/mol. The van der Waals surface area contributed by atoms with E-state index in [0.717, 1.165) is 10.4 Å². The maximum atomic E-state index is 12.2. The number of halogens is 1. The Kier molecular flexibility index (Phi) is 6.12. The summed E-state index contributed by atoms with van der Waals surface area (Å²) < 4.78 is 5.24. The Labute approximate surface area is 158 Å². The fourth-order valence-electron chi connectivity index (χ4n) is 2.06. The zero-order chi connectivity index (χ0) is 17.6. The van der Waals surface area contributed by atoms with Gasteiger partial charge in [-0.15, -0.1) is 23.1 Å². The summed E-state index contributed by atoms with van der Waals surface area (Å²) in [5, 5.41) is 9.23. The van der Waals surface area contributed by atoms with E-state index in [-0.39, 0.29) is 11.2 Å². The minimum atomic E-state index is -0.237. The molecule has 8 heteroatoms. The first kappa shape index (κ1) is 18.0. The summed E-state index contributed by atoms with van der Waals surface area (Å²) >= 11 is 9.10. The molecule has 25 heavy (non-hydrogen) atoms. The summed E-state index contributed by atoms with van der Waals surface area (Å²) in [6.07, 6.45) is 0. The molecule has 3 aromatic rings. The summed E-state index contributed by atoms with van der Waals surface area (Å²) in [4.78, 5) is 17.5. The SMILES string of the molecule is CC(SCc1nc(-c2cccs2)no1)C(=O)NCc1ccccc1Cl. The molecule has 0 radical (unpaired) electrons. The van der Waals surface area contributed by atoms with Crippen molar-refractivity contribution in [1.29, 1.82) is 0 Å². The second kappa shape index (κ2) is 8.51. The van der Waals surface area contributed by atoms with E-state index in [1.165, 1.54) is 11.8 Å². The van der Waals surface area contributed by atoms with Gasteiger partial charge in [-0.05, 0) is 30.0 Å². The predicted molar refractivity (Wildman–Crippen MR) is 102 cm³/mol. The van der Waals surface area contributed by atoms with Gasteiger partial charge in [0.2, 0.25) is 17.6 Å². The van der Waals surface area contributed by atoms with Crippen molar-refractivity contribution in [2.24, 2.45) is 0 Å². The van der Waals surface area contributed by atoms with Crippen molar-refractivity contribution >= 4 is 40.6 Å². The molecule has 0 saturated heterocycles. The lowest BCUT2D eigenvalue weighted by molar-refractivity contribution is -0.120. The molecule has 1 amide bonds. The zero-order valence-electron chi connectivity index (χ0n) is 13.4. The van der Waals surface area contributed by atoms with E-state index in [0.29, 0.717) is 29.0 Å². The number of hydrogen-bond acceptors (Lipinski definition) is 6. The molecule has 0 saturated carbocycles. The molecule has 2 heterocycles. The second-order valence-corrected chi connectivity index (χ2v) is 7.94. The lowest BCUT2D eigenvalue weighted by Crippen LogP contribution is -2.30. The standard InChI is InChI=1S/C17H16ClN3O2S2/c1-11(17(22)19-9-12-5-2-3-6-13(12)18)25-10-15-20-16(21-23-15)14-7-4-8-24-14/h2-8,11H,9-10H2,1H3,(H,19,22). The average Bonchev–Trinajstić information content (AvgIpc) is 3.29. The number of rotatable bonds is 7. The third-order valence-electron chi connectivity index (χ3n) is 3.45. The van der Waals surface area contributed by atoms with Crippen molar-refractivity contribution in [3.05, 3.63) is 58.3 Å². The van der Waals surface area contributed by atoms with Gasteiger partial charge in [0, 0.05) is 11.6 Å². The zero-order valence-corrected chi connectivity index (χ0v) is 15.8. The first-order chi connectivity index (χ1) is 12.1. The second-order valence-electron chi connectivity index (χ2n) is 5.25. The smallest absolute Gasteiger partial charge is 0.237 e. The Morgan fingerprint density at radius 3 is 2.96 bits per heavy atom. The van der Waals surface area contributed by atoms with Gasteiger partial charge in [0.25, 0.3) is 0 Å². The van der Waals surface area contributed by atoms with E-state index < -0.39 is 0 Å². The van der Waals surface area contributed by atoms with E-state index in [9.17, 15) is 4.79 Å². The number of hydrogen-bond donors (Lipinski definition) is 1. The van der Waals surface area contributed by atoms with Crippen LogP contribution in [0.4, 0.5) is 0 Å². The third-order valence-corrected chi connectivity index (χ3v) is 5.81. The van der Waals surface area contributed by atoms with E-state index in [2.05, 4.69) is 15.5 Å². The summed E-state index contributed by atoms with van der Waals surface area (Å²) in [6.45, 7) is 2.26. The van der Waals surface area contributed by atoms with Crippen LogP contribution in [0.3, 0.4) is 0 Å². The molecule has 0 fully saturated rings. The minimum absolute atomic E-state index is 0.0529. The van der Waals surface area contributed by atoms with Gasteiger partial charge >= 0.3 is 0 Å². The molecule has 0 aliphatic rings. The number of thiophene rings is 1. The van der Waals surface area contributed by atoms with Gasteiger partial charge in [-0.3, -0.25) is 4.79 Å². The Morgan fingerprint density at radius 1 is 1.36 bits per heavy atom. The molecule has 1 aromatic carbocycles. The Balaban J connectivity index is 1.48. The summed E-state index contributed by atoms with van der Waals surface area (Å²) in [7, 11) is 0. The highest BCUT2D eigenvalue weighted by atomic mass is 35.5. The fraction of sp³-hybridized carbons (Fsp3) is 0.235. The van der Waals surface area contributed by atoms with Crippen molar-refractivity contribution in [2.75, 3.05) is 0 Å². The van der Waals surface area contributed by atoms with Crippen LogP contribution in [-0.4, -0.2) is 21.3 Å². The molecule has 130 valence electrons. The van der Waals surface area contributed by atoms with Crippen molar-refractivity contribution < 1.29 is 9.32 Å². The number of nitrogens with zero attached hydrogens (tertiary/aromatic N) is 2. The lowest BCUT2D eigenvalue weighted by Gasteiger charge is -2.11. The molecule has 0 aliphatic heterocycles. The lowest BCUT2D eigenvalue weighted by atomic mass is 10.2. The quantitative estimate of drug-likeness (QED) is 0.644. The molecule has 3 rings (SSSR count). The van der Waals surface area contributed by atoms with E-state index in [1.807, 2.05) is 48.7 Å². The van der Waals surface area contributed by atoms with Crippen molar-refractivity contribution in [3.8, 4) is 10.7 Å². The number of thioether (sulfide) groups is 1. The van der Waals surface area contributed by atoms with E-state index in [1.54, 1.807) is 11.3 Å². The number of amides is 1. The highest BCUT2D eigenvalue weighted by molar-refractivity contribution is 7.99. The van der Waals surface area contributed by atoms with Gasteiger partial charge in [-0.2, -0.15) is 4.98 Å². The van der Waals surface area contributed by atoms with Crippen LogP contribution in [0.2, 0.25) is 5.02 Å². The molecule has 0 spiro atoms. The van der Waals surface area contributed by atoms with Crippen molar-refractivity contribution in [3.63, 3.8) is 0 Å². The van der Waals surface area contributed by atoms with Crippen LogP contribution < -0.4 is 5.32 Å². The van der Waals surface area contributed by atoms with E-state index in [4.69, 9.17) is 16.1 Å². The number of carbonyl (C=O) groups excluding carboxylic acids is 1. The summed E-state index contributed by atoms with van der Waals surface area (Å²) in [6, 6.07) is 11.3. The largest absolute Gasteiger partial charge is 0.351 e. The molecule has 1 N–H and O–H groups in total. The molecule has 0 bridgehead atoms. The van der Waals surface area contributed by atoms with Crippen LogP contribution in [0.1, 0.15) is 18.4 Å². The van der Waals surface area contributed by atoms with Crippen LogP contribution in [0.25, 0.3) is 10.7 Å². The van der Waals surface area contributed by atoms with Gasteiger partial charge in [0.05, 0.1) is 15.9 Å². The minimum Gasteiger partial charge on any atom is -0.351 e. The molecule has 2 aromatic heterocycles. The van der Waals surface area contributed by atoms with Crippen molar-refractivity contribution in [1.82, 2.24) is 15.5 Å². The van der Waals surface area contributed by atoms with Gasteiger partial charge < -0.3 is 9.84 Å². The van der Waals surface area contributed by atoms with Gasteiger partial charge in [-0.1, -0.05) is 41.0 Å². The summed E-state index contributed by atoms with van der Waals surface area (Å²) in [5.41, 5.74) is 0.896. The summed E-state index contributed by atoms with van der Waals surface area (Å²) in [5.74, 6) is 1.53. The van der Waals surface area contributed by atoms with Crippen LogP contribution in [0, 0.1) is 0 Å². The monoisotopic (exact) mass is 393 g/mol. The van der Waals surface area contributed by atoms with Crippen LogP contribution in [0.5, 0.6) is 0 Å². The first-order valence-electron chi connectivity index (χ1n) is 7.62. The number of benzene rings is 1. The average molecular weight is 394 g/mol. The molecule has 1 atom stereocenters.